The van der Waals surface area contributed by atoms with Crippen LogP contribution in [0.4, 0.5) is 0 Å². The van der Waals surface area contributed by atoms with Gasteiger partial charge in [-0.25, -0.2) is 17.9 Å². The normalized spacial score (nSPS) is 11.9. The molecule has 0 aromatic carbocycles. The first-order chi connectivity index (χ1) is 8.37. The number of hydrogen-bond donors (Lipinski definition) is 1. The highest BCUT2D eigenvalue weighted by atomic mass is 32.2. The van der Waals surface area contributed by atoms with Gasteiger partial charge in [0.25, 0.3) is 0 Å². The average molecular weight is 273 g/mol. The van der Waals surface area contributed by atoms with Crippen molar-refractivity contribution in [2.24, 2.45) is 0 Å². The van der Waals surface area contributed by atoms with E-state index in [-0.39, 0.29) is 13.2 Å². The molecule has 1 aromatic heterocycles. The molecular weight excluding hydrogens is 258 g/mol. The Morgan fingerprint density at radius 2 is 2.22 bits per heavy atom. The molecule has 0 saturated heterocycles. The first-order valence-electron chi connectivity index (χ1n) is 5.23. The fourth-order valence-electron chi connectivity index (χ4n) is 1.12. The van der Waals surface area contributed by atoms with Gasteiger partial charge < -0.3 is 9.15 Å². The molecule has 6 nitrogen and oxygen atoms in total. The highest BCUT2D eigenvalue weighted by Crippen LogP contribution is 2.07. The van der Waals surface area contributed by atoms with Crippen LogP contribution in [0.15, 0.2) is 22.6 Å². The fourth-order valence-corrected chi connectivity index (χ4v) is 1.57. The number of nitrogens with one attached hydrogen (secondary N) is 1. The summed E-state index contributed by atoms with van der Waals surface area (Å²) in [5.41, 5.74) is 0. The van der Waals surface area contributed by atoms with E-state index in [1.165, 1.54) is 12.2 Å². The van der Waals surface area contributed by atoms with Crippen molar-refractivity contribution in [3.63, 3.8) is 0 Å². The predicted octanol–water partition coefficient (Wildman–Crippen LogP) is 0.694. The first kappa shape index (κ1) is 14.5. The van der Waals surface area contributed by atoms with Crippen LogP contribution in [0, 0.1) is 6.92 Å². The number of carbonyl (C=O) groups excluding carboxylic acids is 1. The van der Waals surface area contributed by atoms with Crippen LogP contribution in [-0.4, -0.2) is 33.8 Å². The number of sulfonamides is 1. The molecule has 0 unspecified atom stereocenters. The van der Waals surface area contributed by atoms with Gasteiger partial charge in [0.05, 0.1) is 6.26 Å². The lowest BCUT2D eigenvalue weighted by molar-refractivity contribution is -0.137. The van der Waals surface area contributed by atoms with Gasteiger partial charge in [0.2, 0.25) is 10.0 Å². The summed E-state index contributed by atoms with van der Waals surface area (Å²) in [6, 6.07) is 3.51. The lowest BCUT2D eigenvalue weighted by Gasteiger charge is -2.02. The third kappa shape index (κ3) is 6.21. The second kappa shape index (κ2) is 6.36. The second-order valence-electron chi connectivity index (χ2n) is 3.62. The smallest absolute Gasteiger partial charge is 0.330 e. The van der Waals surface area contributed by atoms with Crippen molar-refractivity contribution in [3.05, 3.63) is 29.7 Å². The highest BCUT2D eigenvalue weighted by Gasteiger charge is 2.01. The molecule has 0 spiro atoms. The Hall–Kier alpha value is -1.60. The molecule has 0 aliphatic heterocycles. The third-order valence-electron chi connectivity index (χ3n) is 1.86. The van der Waals surface area contributed by atoms with Gasteiger partial charge in [0.15, 0.2) is 0 Å². The molecule has 7 heteroatoms. The Kier molecular flexibility index (Phi) is 5.11. The molecule has 18 heavy (non-hydrogen) atoms. The zero-order valence-corrected chi connectivity index (χ0v) is 11.0. The van der Waals surface area contributed by atoms with Crippen LogP contribution in [0.25, 0.3) is 6.08 Å². The van der Waals surface area contributed by atoms with Crippen LogP contribution >= 0.6 is 0 Å². The summed E-state index contributed by atoms with van der Waals surface area (Å²) in [4.78, 5) is 11.2. The van der Waals surface area contributed by atoms with E-state index >= 15 is 0 Å². The van der Waals surface area contributed by atoms with Crippen LogP contribution < -0.4 is 4.72 Å². The largest absolute Gasteiger partial charge is 0.462 e. The van der Waals surface area contributed by atoms with Gasteiger partial charge in [-0.2, -0.15) is 0 Å². The molecule has 0 fully saturated rings. The number of rotatable bonds is 6. The SMILES string of the molecule is Cc1ccc(C=CC(=O)OCCNS(C)(=O)=O)o1. The van der Waals surface area contributed by atoms with Crippen molar-refractivity contribution < 1.29 is 22.4 Å². The van der Waals surface area contributed by atoms with E-state index in [0.29, 0.717) is 5.76 Å². The Bertz CT molecular complexity index is 529. The van der Waals surface area contributed by atoms with Gasteiger partial charge in [0, 0.05) is 12.6 Å². The number of furan rings is 1. The Balaban J connectivity index is 2.28. The summed E-state index contributed by atoms with van der Waals surface area (Å²) in [6.45, 7) is 1.83. The second-order valence-corrected chi connectivity index (χ2v) is 5.45. The topological polar surface area (TPSA) is 85.6 Å². The number of ether oxygens (including phenoxy) is 1. The minimum absolute atomic E-state index is 0.0204. The summed E-state index contributed by atoms with van der Waals surface area (Å²) < 4.78 is 33.6. The summed E-state index contributed by atoms with van der Waals surface area (Å²) in [6.07, 6.45) is 3.74. The van der Waals surface area contributed by atoms with E-state index in [4.69, 9.17) is 9.15 Å². The quantitative estimate of drug-likeness (QED) is 0.468. The van der Waals surface area contributed by atoms with Crippen LogP contribution in [0.3, 0.4) is 0 Å². The van der Waals surface area contributed by atoms with Gasteiger partial charge in [-0.05, 0) is 25.1 Å². The molecule has 0 aliphatic rings. The lowest BCUT2D eigenvalue weighted by Crippen LogP contribution is -2.26. The van der Waals surface area contributed by atoms with Crippen LogP contribution in [-0.2, 0) is 19.6 Å². The molecule has 0 saturated carbocycles. The maximum atomic E-state index is 11.2. The summed E-state index contributed by atoms with van der Waals surface area (Å²) in [7, 11) is -3.25. The third-order valence-corrected chi connectivity index (χ3v) is 2.58. The fraction of sp³-hybridized carbons (Fsp3) is 0.364. The van der Waals surface area contributed by atoms with Crippen molar-refractivity contribution in [1.29, 1.82) is 0 Å². The predicted molar refractivity (Wildman–Crippen MR) is 66.3 cm³/mol. The van der Waals surface area contributed by atoms with E-state index in [1.54, 1.807) is 19.1 Å². The molecule has 0 atom stereocenters. The molecule has 100 valence electrons. The number of carbonyl (C=O) groups is 1. The van der Waals surface area contributed by atoms with Crippen LogP contribution in [0.2, 0.25) is 0 Å². The number of esters is 1. The molecule has 0 amide bonds. The maximum absolute atomic E-state index is 11.2. The number of hydrogen-bond acceptors (Lipinski definition) is 5. The van der Waals surface area contributed by atoms with Gasteiger partial charge >= 0.3 is 5.97 Å². The van der Waals surface area contributed by atoms with Gasteiger partial charge in [-0.15, -0.1) is 0 Å². The van der Waals surface area contributed by atoms with E-state index in [9.17, 15) is 13.2 Å². The molecule has 0 radical (unpaired) electrons. The molecule has 1 aromatic rings. The average Bonchev–Trinajstić information content (AvgIpc) is 2.66. The molecular formula is C11H15NO5S. The Labute approximate surface area is 106 Å². The number of aryl methyl sites for hydroxylation is 1. The standard InChI is InChI=1S/C11H15NO5S/c1-9-3-4-10(17-9)5-6-11(13)16-8-7-12-18(2,14)15/h3-6,12H,7-8H2,1-2H3. The lowest BCUT2D eigenvalue weighted by atomic mass is 10.4. The monoisotopic (exact) mass is 273 g/mol. The van der Waals surface area contributed by atoms with Crippen molar-refractivity contribution >= 4 is 22.1 Å². The van der Waals surface area contributed by atoms with E-state index in [1.807, 2.05) is 0 Å². The van der Waals surface area contributed by atoms with Gasteiger partial charge in [-0.1, -0.05) is 0 Å². The molecule has 1 N–H and O–H groups in total. The highest BCUT2D eigenvalue weighted by molar-refractivity contribution is 7.88. The van der Waals surface area contributed by atoms with E-state index in [0.717, 1.165) is 12.0 Å². The maximum Gasteiger partial charge on any atom is 0.330 e. The van der Waals surface area contributed by atoms with Crippen molar-refractivity contribution in [2.75, 3.05) is 19.4 Å². The van der Waals surface area contributed by atoms with Crippen LogP contribution in [0.5, 0.6) is 0 Å². The Morgan fingerprint density at radius 3 is 2.78 bits per heavy atom. The molecule has 0 aliphatic carbocycles. The van der Waals surface area contributed by atoms with Gasteiger partial charge in [-0.3, -0.25) is 0 Å². The molecule has 1 heterocycles. The van der Waals surface area contributed by atoms with E-state index < -0.39 is 16.0 Å². The van der Waals surface area contributed by atoms with Crippen LogP contribution in [0.1, 0.15) is 11.5 Å². The zero-order valence-electron chi connectivity index (χ0n) is 10.2. The Morgan fingerprint density at radius 1 is 1.50 bits per heavy atom. The van der Waals surface area contributed by atoms with Crippen molar-refractivity contribution in [1.82, 2.24) is 4.72 Å². The minimum Gasteiger partial charge on any atom is -0.462 e. The van der Waals surface area contributed by atoms with E-state index in [2.05, 4.69) is 4.72 Å². The summed E-state index contributed by atoms with van der Waals surface area (Å²) >= 11 is 0. The molecule has 0 bridgehead atoms. The van der Waals surface area contributed by atoms with Crippen molar-refractivity contribution in [3.8, 4) is 0 Å². The van der Waals surface area contributed by atoms with Crippen molar-refractivity contribution in [2.45, 2.75) is 6.92 Å². The summed E-state index contributed by atoms with van der Waals surface area (Å²) in [5.74, 6) is 0.749. The molecule has 1 rings (SSSR count). The summed E-state index contributed by atoms with van der Waals surface area (Å²) in [5, 5.41) is 0. The minimum atomic E-state index is -3.25. The first-order valence-corrected chi connectivity index (χ1v) is 7.12. The van der Waals surface area contributed by atoms with Gasteiger partial charge in [0.1, 0.15) is 18.1 Å². The zero-order chi connectivity index (χ0) is 13.6.